The van der Waals surface area contributed by atoms with E-state index in [9.17, 15) is 23.9 Å². The Balaban J connectivity index is 2.60. The first-order valence-electron chi connectivity index (χ1n) is 6.54. The second-order valence-electron chi connectivity index (χ2n) is 4.88. The maximum atomic E-state index is 13.8. The zero-order chi connectivity index (χ0) is 17.3. The molecule has 0 fully saturated rings. The molecule has 2 rings (SSSR count). The molecule has 1 N–H and O–H groups in total. The molecular weight excluding hydrogens is 377 g/mol. The summed E-state index contributed by atoms with van der Waals surface area (Å²) >= 11 is 2.99. The summed E-state index contributed by atoms with van der Waals surface area (Å²) < 4.78 is 23.6. The van der Waals surface area contributed by atoms with Gasteiger partial charge in [0.15, 0.2) is 5.75 Å². The van der Waals surface area contributed by atoms with Gasteiger partial charge in [0.05, 0.1) is 23.2 Å². The van der Waals surface area contributed by atoms with E-state index in [4.69, 9.17) is 4.74 Å². The van der Waals surface area contributed by atoms with Gasteiger partial charge in [0.2, 0.25) is 5.91 Å². The van der Waals surface area contributed by atoms with Crippen molar-refractivity contribution < 1.29 is 33.4 Å². The monoisotopic (exact) mass is 389 g/mol. The van der Waals surface area contributed by atoms with Crippen LogP contribution in [0.15, 0.2) is 10.5 Å². The van der Waals surface area contributed by atoms with E-state index in [1.165, 1.54) is 0 Å². The summed E-state index contributed by atoms with van der Waals surface area (Å²) in [6.45, 7) is 1.65. The minimum absolute atomic E-state index is 0.0288. The predicted molar refractivity (Wildman–Crippen MR) is 80.1 cm³/mol. The van der Waals surface area contributed by atoms with Crippen LogP contribution in [0.2, 0.25) is 0 Å². The smallest absolute Gasteiger partial charge is 0.338 e. The van der Waals surface area contributed by atoms with Gasteiger partial charge in [-0.1, -0.05) is 0 Å². The summed E-state index contributed by atoms with van der Waals surface area (Å²) in [6, 6.07) is 0.264. The highest BCUT2D eigenvalue weighted by Crippen LogP contribution is 2.44. The molecule has 1 aliphatic rings. The number of carboxylic acids is 1. The van der Waals surface area contributed by atoms with Crippen molar-refractivity contribution >= 4 is 39.5 Å². The molecule has 1 amide bonds. The number of hydrogen-bond acceptors (Lipinski definition) is 5. The van der Waals surface area contributed by atoms with Crippen LogP contribution in [0.4, 0.5) is 10.1 Å². The highest BCUT2D eigenvalue weighted by Gasteiger charge is 2.36. The largest absolute Gasteiger partial charge is 0.488 e. The summed E-state index contributed by atoms with van der Waals surface area (Å²) in [4.78, 5) is 36.3. The van der Waals surface area contributed by atoms with E-state index in [-0.39, 0.29) is 22.5 Å². The molecule has 0 aromatic heterocycles. The summed E-state index contributed by atoms with van der Waals surface area (Å²) in [5, 5.41) is 9.30. The van der Waals surface area contributed by atoms with Crippen molar-refractivity contribution in [2.45, 2.75) is 19.4 Å². The number of ether oxygens (including phenoxy) is 2. The molecule has 1 aromatic rings. The number of esters is 1. The summed E-state index contributed by atoms with van der Waals surface area (Å²) in [7, 11) is 1.14. The third kappa shape index (κ3) is 3.14. The number of carboxylic acid groups (broad SMARTS) is 1. The fraction of sp³-hybridized carbons (Fsp3) is 0.357. The first kappa shape index (κ1) is 17.2. The topological polar surface area (TPSA) is 93.1 Å². The average molecular weight is 390 g/mol. The Morgan fingerprint density at radius 1 is 1.52 bits per heavy atom. The molecule has 124 valence electrons. The Labute approximate surface area is 139 Å². The maximum Gasteiger partial charge on any atom is 0.338 e. The highest BCUT2D eigenvalue weighted by atomic mass is 79.9. The van der Waals surface area contributed by atoms with Crippen molar-refractivity contribution in [1.29, 1.82) is 0 Å². The zero-order valence-electron chi connectivity index (χ0n) is 12.3. The van der Waals surface area contributed by atoms with Crippen LogP contribution < -0.4 is 9.64 Å². The van der Waals surface area contributed by atoms with Crippen molar-refractivity contribution in [3.63, 3.8) is 0 Å². The fourth-order valence-corrected chi connectivity index (χ4v) is 2.69. The number of benzene rings is 1. The number of methoxy groups -OCH3 is 1. The molecule has 1 atom stereocenters. The normalized spacial score (nSPS) is 16.3. The van der Waals surface area contributed by atoms with Crippen LogP contribution in [0.25, 0.3) is 0 Å². The van der Waals surface area contributed by atoms with Crippen LogP contribution in [0.5, 0.6) is 5.75 Å². The van der Waals surface area contributed by atoms with Crippen molar-refractivity contribution in [3.05, 3.63) is 21.9 Å². The van der Waals surface area contributed by atoms with Gasteiger partial charge in [0.25, 0.3) is 0 Å². The van der Waals surface area contributed by atoms with Crippen molar-refractivity contribution in [3.8, 4) is 5.75 Å². The number of amides is 1. The molecule has 9 heteroatoms. The molecule has 0 unspecified atom stereocenters. The molecule has 1 heterocycles. The van der Waals surface area contributed by atoms with Crippen LogP contribution >= 0.6 is 15.9 Å². The van der Waals surface area contributed by atoms with Crippen LogP contribution in [0, 0.1) is 5.82 Å². The number of carbonyl (C=O) groups is 3. The number of nitrogens with zero attached hydrogens (tertiary/aromatic N) is 1. The van der Waals surface area contributed by atoms with Gasteiger partial charge in [-0.25, -0.2) is 9.18 Å². The quantitative estimate of drug-likeness (QED) is 0.627. The predicted octanol–water partition coefficient (Wildman–Crippen LogP) is 1.96. The molecule has 1 aliphatic heterocycles. The fourth-order valence-electron chi connectivity index (χ4n) is 2.28. The van der Waals surface area contributed by atoms with E-state index in [1.54, 1.807) is 6.92 Å². The lowest BCUT2D eigenvalue weighted by Gasteiger charge is -2.36. The molecule has 0 radical (unpaired) electrons. The number of carbonyl (C=O) groups excluding carboxylic acids is 2. The Hall–Kier alpha value is -2.16. The van der Waals surface area contributed by atoms with Gasteiger partial charge in [-0.05, 0) is 28.9 Å². The first-order valence-corrected chi connectivity index (χ1v) is 7.34. The highest BCUT2D eigenvalue weighted by molar-refractivity contribution is 9.10. The number of aromatic carboxylic acids is 1. The lowest BCUT2D eigenvalue weighted by molar-refractivity contribution is -0.143. The minimum Gasteiger partial charge on any atom is -0.488 e. The molecule has 1 aromatic carbocycles. The summed E-state index contributed by atoms with van der Waals surface area (Å²) in [6.07, 6.45) is -0.561. The lowest BCUT2D eigenvalue weighted by atomic mass is 10.1. The first-order chi connectivity index (χ1) is 10.8. The third-order valence-electron chi connectivity index (χ3n) is 3.32. The van der Waals surface area contributed by atoms with Crippen molar-refractivity contribution in [2.75, 3.05) is 18.6 Å². The zero-order valence-corrected chi connectivity index (χ0v) is 13.8. The van der Waals surface area contributed by atoms with Crippen LogP contribution in [-0.4, -0.2) is 42.7 Å². The van der Waals surface area contributed by atoms with Crippen LogP contribution in [-0.2, 0) is 14.3 Å². The SMILES string of the molecule is COC(=O)CC(=O)N1c2c(C(=O)O)cc(F)c(Br)c2OC[C@@H]1C. The third-order valence-corrected chi connectivity index (χ3v) is 4.06. The Morgan fingerprint density at radius 2 is 2.17 bits per heavy atom. The molecule has 0 saturated heterocycles. The number of fused-ring (bicyclic) bond motifs is 1. The minimum atomic E-state index is -1.42. The second-order valence-corrected chi connectivity index (χ2v) is 5.67. The van der Waals surface area contributed by atoms with E-state index in [0.29, 0.717) is 0 Å². The molecular formula is C14H13BrFNO6. The summed E-state index contributed by atoms with van der Waals surface area (Å²) in [5.74, 6) is -3.74. The van der Waals surface area contributed by atoms with Gasteiger partial charge in [0.1, 0.15) is 24.5 Å². The van der Waals surface area contributed by atoms with Gasteiger partial charge >= 0.3 is 11.9 Å². The number of hydrogen-bond donors (Lipinski definition) is 1. The van der Waals surface area contributed by atoms with E-state index >= 15 is 0 Å². The molecule has 23 heavy (non-hydrogen) atoms. The van der Waals surface area contributed by atoms with Gasteiger partial charge < -0.3 is 19.5 Å². The standard InChI is InChI=1S/C14H13BrFNO6/c1-6-5-23-13-11(15)8(16)3-7(14(20)21)12(13)17(6)9(18)4-10(19)22-2/h3,6H,4-5H2,1-2H3,(H,20,21)/t6-/m0/s1. The Morgan fingerprint density at radius 3 is 2.74 bits per heavy atom. The lowest BCUT2D eigenvalue weighted by Crippen LogP contribution is -2.46. The van der Waals surface area contributed by atoms with E-state index < -0.39 is 41.7 Å². The van der Waals surface area contributed by atoms with E-state index in [2.05, 4.69) is 20.7 Å². The van der Waals surface area contributed by atoms with Gasteiger partial charge in [0, 0.05) is 0 Å². The average Bonchev–Trinajstić information content (AvgIpc) is 2.49. The molecule has 0 spiro atoms. The van der Waals surface area contributed by atoms with Gasteiger partial charge in [-0.3, -0.25) is 9.59 Å². The number of halogens is 2. The van der Waals surface area contributed by atoms with E-state index in [0.717, 1.165) is 18.1 Å². The van der Waals surface area contributed by atoms with Crippen LogP contribution in [0.1, 0.15) is 23.7 Å². The van der Waals surface area contributed by atoms with Crippen LogP contribution in [0.3, 0.4) is 0 Å². The molecule has 7 nitrogen and oxygen atoms in total. The number of anilines is 1. The van der Waals surface area contributed by atoms with Crippen molar-refractivity contribution in [2.24, 2.45) is 0 Å². The Kier molecular flexibility index (Phi) is 4.88. The summed E-state index contributed by atoms with van der Waals surface area (Å²) in [5.41, 5.74) is -0.510. The molecule has 0 aliphatic carbocycles. The maximum absolute atomic E-state index is 13.8. The van der Waals surface area contributed by atoms with E-state index in [1.807, 2.05) is 0 Å². The van der Waals surface area contributed by atoms with Gasteiger partial charge in [-0.15, -0.1) is 0 Å². The number of rotatable bonds is 3. The second kappa shape index (κ2) is 6.53. The van der Waals surface area contributed by atoms with Gasteiger partial charge in [-0.2, -0.15) is 0 Å². The molecule has 0 saturated carbocycles. The van der Waals surface area contributed by atoms with Crippen molar-refractivity contribution in [1.82, 2.24) is 0 Å². The molecule has 0 bridgehead atoms. The Bertz CT molecular complexity index is 692.